The van der Waals surface area contributed by atoms with Crippen molar-refractivity contribution >= 4 is 5.91 Å². The average Bonchev–Trinajstić information content (AvgIpc) is 2.83. The lowest BCUT2D eigenvalue weighted by atomic mass is 10.0. The van der Waals surface area contributed by atoms with E-state index in [9.17, 15) is 4.79 Å². The number of rotatable bonds is 4. The van der Waals surface area contributed by atoms with Gasteiger partial charge in [0.05, 0.1) is 12.1 Å². The first-order valence-corrected chi connectivity index (χ1v) is 6.90. The maximum atomic E-state index is 11.9. The molecule has 0 aromatic rings. The van der Waals surface area contributed by atoms with Gasteiger partial charge in [-0.2, -0.15) is 0 Å². The van der Waals surface area contributed by atoms with Gasteiger partial charge in [-0.15, -0.1) is 0 Å². The fraction of sp³-hybridized carbons (Fsp3) is 0.923. The van der Waals surface area contributed by atoms with Crippen LogP contribution in [-0.4, -0.2) is 37.2 Å². The molecule has 2 aliphatic heterocycles. The summed E-state index contributed by atoms with van der Waals surface area (Å²) in [6, 6.07) is 0.522. The Bertz CT molecular complexity index is 246. The van der Waals surface area contributed by atoms with Crippen molar-refractivity contribution in [3.05, 3.63) is 0 Å². The molecule has 2 heterocycles. The molecular formula is C13H24N2O2. The molecule has 17 heavy (non-hydrogen) atoms. The summed E-state index contributed by atoms with van der Waals surface area (Å²) in [4.78, 5) is 11.9. The number of amides is 1. The Kier molecular flexibility index (Phi) is 4.80. The second-order valence-corrected chi connectivity index (χ2v) is 5.26. The molecule has 2 rings (SSSR count). The van der Waals surface area contributed by atoms with Crippen molar-refractivity contribution in [1.29, 1.82) is 0 Å². The summed E-state index contributed by atoms with van der Waals surface area (Å²) in [7, 11) is 0. The normalized spacial score (nSPS) is 31.1. The molecule has 4 nitrogen and oxygen atoms in total. The zero-order valence-electron chi connectivity index (χ0n) is 10.7. The molecule has 2 saturated heterocycles. The summed E-state index contributed by atoms with van der Waals surface area (Å²) >= 11 is 0. The van der Waals surface area contributed by atoms with E-state index in [2.05, 4.69) is 10.6 Å². The molecule has 0 aromatic carbocycles. The number of ether oxygens (including phenoxy) is 1. The Morgan fingerprint density at radius 1 is 1.41 bits per heavy atom. The molecular weight excluding hydrogens is 216 g/mol. The quantitative estimate of drug-likeness (QED) is 0.776. The number of hydrogen-bond donors (Lipinski definition) is 2. The van der Waals surface area contributed by atoms with Crippen molar-refractivity contribution in [3.63, 3.8) is 0 Å². The predicted octanol–water partition coefficient (Wildman–Crippen LogP) is 1.20. The summed E-state index contributed by atoms with van der Waals surface area (Å²) in [5.74, 6) is 0.160. The van der Waals surface area contributed by atoms with E-state index < -0.39 is 0 Å². The third kappa shape index (κ3) is 3.96. The highest BCUT2D eigenvalue weighted by Crippen LogP contribution is 2.16. The van der Waals surface area contributed by atoms with Crippen LogP contribution in [0.25, 0.3) is 0 Å². The molecule has 98 valence electrons. The topological polar surface area (TPSA) is 50.4 Å². The summed E-state index contributed by atoms with van der Waals surface area (Å²) in [6.07, 6.45) is 6.63. The summed E-state index contributed by atoms with van der Waals surface area (Å²) < 4.78 is 5.58. The fourth-order valence-electron chi connectivity index (χ4n) is 2.72. The van der Waals surface area contributed by atoms with Crippen molar-refractivity contribution in [1.82, 2.24) is 10.6 Å². The Hall–Kier alpha value is -0.610. The standard InChI is InChI=1S/C13H24N2O2/c1-10(12-6-4-8-17-12)15-13(16)9-11-5-2-3-7-14-11/h10-12,14H,2-9H2,1H3,(H,15,16). The first-order valence-electron chi connectivity index (χ1n) is 6.90. The van der Waals surface area contributed by atoms with E-state index in [1.165, 1.54) is 12.8 Å². The van der Waals surface area contributed by atoms with Crippen LogP contribution in [0.4, 0.5) is 0 Å². The van der Waals surface area contributed by atoms with E-state index in [0.29, 0.717) is 12.5 Å². The van der Waals surface area contributed by atoms with Gasteiger partial charge >= 0.3 is 0 Å². The van der Waals surface area contributed by atoms with Crippen LogP contribution < -0.4 is 10.6 Å². The molecule has 3 unspecified atom stereocenters. The molecule has 0 radical (unpaired) electrons. The smallest absolute Gasteiger partial charge is 0.221 e. The van der Waals surface area contributed by atoms with E-state index in [1.54, 1.807) is 0 Å². The van der Waals surface area contributed by atoms with Crippen LogP contribution in [0, 0.1) is 0 Å². The van der Waals surface area contributed by atoms with Crippen molar-refractivity contribution in [2.45, 2.75) is 63.6 Å². The number of piperidine rings is 1. The van der Waals surface area contributed by atoms with Gasteiger partial charge in [0.25, 0.3) is 0 Å². The SMILES string of the molecule is CC(NC(=O)CC1CCCCN1)C1CCCO1. The summed E-state index contributed by atoms with van der Waals surface area (Å²) in [5.41, 5.74) is 0. The zero-order chi connectivity index (χ0) is 12.1. The number of hydrogen-bond acceptors (Lipinski definition) is 3. The number of carbonyl (C=O) groups excluding carboxylic acids is 1. The van der Waals surface area contributed by atoms with Crippen LogP contribution >= 0.6 is 0 Å². The van der Waals surface area contributed by atoms with Gasteiger partial charge in [0.2, 0.25) is 5.91 Å². The third-order valence-corrected chi connectivity index (χ3v) is 3.76. The maximum Gasteiger partial charge on any atom is 0.221 e. The molecule has 1 amide bonds. The first-order chi connectivity index (χ1) is 8.25. The summed E-state index contributed by atoms with van der Waals surface area (Å²) in [5, 5.41) is 6.47. The molecule has 4 heteroatoms. The van der Waals surface area contributed by atoms with Gasteiger partial charge in [-0.25, -0.2) is 0 Å². The predicted molar refractivity (Wildman–Crippen MR) is 66.8 cm³/mol. The average molecular weight is 240 g/mol. The molecule has 3 atom stereocenters. The molecule has 0 bridgehead atoms. The van der Waals surface area contributed by atoms with Crippen LogP contribution in [0.2, 0.25) is 0 Å². The molecule has 2 fully saturated rings. The van der Waals surface area contributed by atoms with Gasteiger partial charge in [0.15, 0.2) is 0 Å². The van der Waals surface area contributed by atoms with E-state index >= 15 is 0 Å². The number of carbonyl (C=O) groups is 1. The van der Waals surface area contributed by atoms with Crippen molar-refractivity contribution in [3.8, 4) is 0 Å². The molecule has 0 saturated carbocycles. The van der Waals surface area contributed by atoms with Gasteiger partial charge in [0.1, 0.15) is 0 Å². The van der Waals surface area contributed by atoms with Gasteiger partial charge < -0.3 is 15.4 Å². The van der Waals surface area contributed by atoms with Crippen LogP contribution in [0.3, 0.4) is 0 Å². The maximum absolute atomic E-state index is 11.9. The van der Waals surface area contributed by atoms with Crippen LogP contribution in [0.1, 0.15) is 45.4 Å². The van der Waals surface area contributed by atoms with E-state index in [4.69, 9.17) is 4.74 Å². The van der Waals surface area contributed by atoms with E-state index in [0.717, 1.165) is 32.4 Å². The minimum Gasteiger partial charge on any atom is -0.376 e. The largest absolute Gasteiger partial charge is 0.376 e. The highest BCUT2D eigenvalue weighted by molar-refractivity contribution is 5.76. The zero-order valence-corrected chi connectivity index (χ0v) is 10.7. The first kappa shape index (κ1) is 12.8. The number of nitrogens with one attached hydrogen (secondary N) is 2. The second kappa shape index (κ2) is 6.36. The van der Waals surface area contributed by atoms with Crippen molar-refractivity contribution in [2.75, 3.05) is 13.2 Å². The summed E-state index contributed by atoms with van der Waals surface area (Å²) in [6.45, 7) is 3.94. The molecule has 0 aliphatic carbocycles. The van der Waals surface area contributed by atoms with Crippen LogP contribution in [0.5, 0.6) is 0 Å². The molecule has 0 aromatic heterocycles. The highest BCUT2D eigenvalue weighted by Gasteiger charge is 2.24. The van der Waals surface area contributed by atoms with Crippen molar-refractivity contribution < 1.29 is 9.53 Å². The lowest BCUT2D eigenvalue weighted by molar-refractivity contribution is -0.123. The van der Waals surface area contributed by atoms with E-state index in [-0.39, 0.29) is 18.1 Å². The highest BCUT2D eigenvalue weighted by atomic mass is 16.5. The van der Waals surface area contributed by atoms with Gasteiger partial charge in [-0.1, -0.05) is 6.42 Å². The van der Waals surface area contributed by atoms with Crippen LogP contribution in [-0.2, 0) is 9.53 Å². The minimum atomic E-state index is 0.147. The Morgan fingerprint density at radius 2 is 2.29 bits per heavy atom. The molecule has 2 N–H and O–H groups in total. The Labute approximate surface area is 103 Å². The fourth-order valence-corrected chi connectivity index (χ4v) is 2.72. The second-order valence-electron chi connectivity index (χ2n) is 5.26. The van der Waals surface area contributed by atoms with Gasteiger partial charge in [-0.3, -0.25) is 4.79 Å². The lowest BCUT2D eigenvalue weighted by Crippen LogP contribution is -2.44. The molecule has 0 spiro atoms. The Morgan fingerprint density at radius 3 is 2.94 bits per heavy atom. The van der Waals surface area contributed by atoms with Crippen LogP contribution in [0.15, 0.2) is 0 Å². The Balaban J connectivity index is 1.68. The minimum absolute atomic E-state index is 0.147. The van der Waals surface area contributed by atoms with Gasteiger partial charge in [-0.05, 0) is 39.2 Å². The lowest BCUT2D eigenvalue weighted by Gasteiger charge is -2.25. The monoisotopic (exact) mass is 240 g/mol. The third-order valence-electron chi connectivity index (χ3n) is 3.76. The van der Waals surface area contributed by atoms with Crippen molar-refractivity contribution in [2.24, 2.45) is 0 Å². The van der Waals surface area contributed by atoms with E-state index in [1.807, 2.05) is 6.92 Å². The van der Waals surface area contributed by atoms with Gasteiger partial charge in [0, 0.05) is 19.1 Å². The molecule has 2 aliphatic rings.